The summed E-state index contributed by atoms with van der Waals surface area (Å²) in [4.78, 5) is 19.2. The second-order valence-corrected chi connectivity index (χ2v) is 6.80. The Hall–Kier alpha value is -3.44. The number of benzene rings is 3. The summed E-state index contributed by atoms with van der Waals surface area (Å²) in [6, 6.07) is 20.1. The maximum absolute atomic E-state index is 13.4. The van der Waals surface area contributed by atoms with Crippen molar-refractivity contribution in [2.75, 3.05) is 12.0 Å². The molecule has 0 bridgehead atoms. The highest BCUT2D eigenvalue weighted by Gasteiger charge is 2.32. The number of aliphatic imine (C=N–C) groups is 1. The van der Waals surface area contributed by atoms with Gasteiger partial charge in [0, 0.05) is 10.6 Å². The zero-order chi connectivity index (χ0) is 20.4. The number of amidine groups is 1. The maximum Gasteiger partial charge on any atom is 0.282 e. The minimum absolute atomic E-state index is 0.271. The molecule has 6 heteroatoms. The highest BCUT2D eigenvalue weighted by Crippen LogP contribution is 2.29. The summed E-state index contributed by atoms with van der Waals surface area (Å²) >= 11 is 6.00. The molecule has 0 aromatic heterocycles. The van der Waals surface area contributed by atoms with Crippen LogP contribution in [0.3, 0.4) is 0 Å². The second kappa shape index (κ2) is 7.89. The van der Waals surface area contributed by atoms with Gasteiger partial charge in [0.2, 0.25) is 0 Å². The summed E-state index contributed by atoms with van der Waals surface area (Å²) in [5.74, 6) is 0.455. The minimum Gasteiger partial charge on any atom is -0.497 e. The molecule has 1 heterocycles. The fraction of sp³-hybridized carbons (Fsp3) is 0.0435. The van der Waals surface area contributed by atoms with Crippen molar-refractivity contribution >= 4 is 35.1 Å². The van der Waals surface area contributed by atoms with Gasteiger partial charge in [-0.15, -0.1) is 0 Å². The number of nitrogens with zero attached hydrogens (tertiary/aromatic N) is 2. The van der Waals surface area contributed by atoms with Crippen LogP contribution >= 0.6 is 11.6 Å². The minimum atomic E-state index is -0.377. The van der Waals surface area contributed by atoms with Gasteiger partial charge in [-0.3, -0.25) is 9.69 Å². The van der Waals surface area contributed by atoms with Crippen LogP contribution in [0.1, 0.15) is 11.1 Å². The SMILES string of the molecule is COc1cccc(/C=C2/N=C(c3ccc(Cl)cc3)N(c3ccc(F)cc3)C2=O)c1. The summed E-state index contributed by atoms with van der Waals surface area (Å²) < 4.78 is 18.6. The topological polar surface area (TPSA) is 41.9 Å². The summed E-state index contributed by atoms with van der Waals surface area (Å²) in [6.07, 6.45) is 1.70. The van der Waals surface area contributed by atoms with Crippen molar-refractivity contribution in [3.8, 4) is 5.75 Å². The molecule has 0 N–H and O–H groups in total. The first-order valence-electron chi connectivity index (χ1n) is 8.85. The van der Waals surface area contributed by atoms with Gasteiger partial charge in [0.15, 0.2) is 0 Å². The van der Waals surface area contributed by atoms with Gasteiger partial charge in [-0.25, -0.2) is 9.38 Å². The Bertz CT molecular complexity index is 1120. The van der Waals surface area contributed by atoms with E-state index in [4.69, 9.17) is 16.3 Å². The predicted molar refractivity (Wildman–Crippen MR) is 113 cm³/mol. The summed E-state index contributed by atoms with van der Waals surface area (Å²) in [5.41, 5.74) is 2.31. The average molecular weight is 407 g/mol. The van der Waals surface area contributed by atoms with E-state index in [1.165, 1.54) is 17.0 Å². The van der Waals surface area contributed by atoms with E-state index in [1.807, 2.05) is 24.3 Å². The van der Waals surface area contributed by atoms with Gasteiger partial charge >= 0.3 is 0 Å². The van der Waals surface area contributed by atoms with Gasteiger partial charge in [-0.2, -0.15) is 0 Å². The van der Waals surface area contributed by atoms with Crippen molar-refractivity contribution in [2.24, 2.45) is 4.99 Å². The largest absolute Gasteiger partial charge is 0.497 e. The molecule has 0 fully saturated rings. The molecule has 0 atom stereocenters. The van der Waals surface area contributed by atoms with Crippen LogP contribution in [0.5, 0.6) is 5.75 Å². The van der Waals surface area contributed by atoms with Crippen LogP contribution < -0.4 is 9.64 Å². The smallest absolute Gasteiger partial charge is 0.282 e. The molecule has 29 heavy (non-hydrogen) atoms. The number of carbonyl (C=O) groups excluding carboxylic acids is 1. The van der Waals surface area contributed by atoms with Gasteiger partial charge in [0.25, 0.3) is 5.91 Å². The van der Waals surface area contributed by atoms with E-state index < -0.39 is 0 Å². The fourth-order valence-corrected chi connectivity index (χ4v) is 3.15. The molecule has 0 saturated heterocycles. The molecule has 4 rings (SSSR count). The summed E-state index contributed by atoms with van der Waals surface area (Å²) in [7, 11) is 1.58. The predicted octanol–water partition coefficient (Wildman–Crippen LogP) is 5.32. The molecule has 0 aliphatic carbocycles. The van der Waals surface area contributed by atoms with Crippen molar-refractivity contribution in [3.05, 3.63) is 100 Å². The molecule has 3 aromatic carbocycles. The van der Waals surface area contributed by atoms with Crippen molar-refractivity contribution in [3.63, 3.8) is 0 Å². The third-order valence-corrected chi connectivity index (χ3v) is 4.70. The van der Waals surface area contributed by atoms with Crippen molar-refractivity contribution in [2.45, 2.75) is 0 Å². The van der Waals surface area contributed by atoms with E-state index in [9.17, 15) is 9.18 Å². The monoisotopic (exact) mass is 406 g/mol. The normalized spacial score (nSPS) is 15.0. The van der Waals surface area contributed by atoms with Gasteiger partial charge in [0.05, 0.1) is 12.8 Å². The lowest BCUT2D eigenvalue weighted by atomic mass is 10.1. The van der Waals surface area contributed by atoms with Crippen molar-refractivity contribution in [1.82, 2.24) is 0 Å². The fourth-order valence-electron chi connectivity index (χ4n) is 3.03. The van der Waals surface area contributed by atoms with Gasteiger partial charge < -0.3 is 4.74 Å². The molecule has 0 unspecified atom stereocenters. The summed E-state index contributed by atoms with van der Waals surface area (Å²) in [6.45, 7) is 0. The molecule has 0 spiro atoms. The van der Waals surface area contributed by atoms with Crippen LogP contribution in [0.25, 0.3) is 6.08 Å². The second-order valence-electron chi connectivity index (χ2n) is 6.37. The van der Waals surface area contributed by atoms with Crippen molar-refractivity contribution < 1.29 is 13.9 Å². The van der Waals surface area contributed by atoms with E-state index in [-0.39, 0.29) is 17.4 Å². The Morgan fingerprint density at radius 3 is 2.45 bits per heavy atom. The van der Waals surface area contributed by atoms with Crippen LogP contribution in [0.4, 0.5) is 10.1 Å². The van der Waals surface area contributed by atoms with E-state index in [2.05, 4.69) is 4.99 Å². The lowest BCUT2D eigenvalue weighted by Crippen LogP contribution is -2.32. The number of rotatable bonds is 4. The van der Waals surface area contributed by atoms with Crippen LogP contribution in [0, 0.1) is 5.82 Å². The van der Waals surface area contributed by atoms with Crippen LogP contribution in [-0.2, 0) is 4.79 Å². The molecular weight excluding hydrogens is 391 g/mol. The average Bonchev–Trinajstić information content (AvgIpc) is 3.05. The van der Waals surface area contributed by atoms with Gasteiger partial charge in [-0.1, -0.05) is 23.7 Å². The molecule has 1 aliphatic rings. The number of amides is 1. The summed E-state index contributed by atoms with van der Waals surface area (Å²) in [5, 5.41) is 0.583. The van der Waals surface area contributed by atoms with E-state index in [0.29, 0.717) is 22.3 Å². The number of anilines is 1. The van der Waals surface area contributed by atoms with Gasteiger partial charge in [-0.05, 0) is 72.3 Å². The van der Waals surface area contributed by atoms with E-state index >= 15 is 0 Å². The molecule has 1 aliphatic heterocycles. The molecule has 0 saturated carbocycles. The molecule has 0 radical (unpaired) electrons. The maximum atomic E-state index is 13.4. The molecule has 144 valence electrons. The van der Waals surface area contributed by atoms with Crippen LogP contribution in [0.15, 0.2) is 83.5 Å². The zero-order valence-corrected chi connectivity index (χ0v) is 16.2. The highest BCUT2D eigenvalue weighted by molar-refractivity contribution is 6.34. The Kier molecular flexibility index (Phi) is 5.14. The third kappa shape index (κ3) is 3.91. The first-order valence-corrected chi connectivity index (χ1v) is 9.23. The highest BCUT2D eigenvalue weighted by atomic mass is 35.5. The number of hydrogen-bond acceptors (Lipinski definition) is 3. The Labute approximate surface area is 172 Å². The van der Waals surface area contributed by atoms with E-state index in [1.54, 1.807) is 49.6 Å². The Morgan fingerprint density at radius 1 is 1.03 bits per heavy atom. The molecule has 4 nitrogen and oxygen atoms in total. The number of methoxy groups -OCH3 is 1. The van der Waals surface area contributed by atoms with Crippen molar-refractivity contribution in [1.29, 1.82) is 0 Å². The number of carbonyl (C=O) groups is 1. The molecule has 1 amide bonds. The van der Waals surface area contributed by atoms with Crippen LogP contribution in [-0.4, -0.2) is 18.9 Å². The lowest BCUT2D eigenvalue weighted by Gasteiger charge is -2.18. The third-order valence-electron chi connectivity index (χ3n) is 4.44. The number of ether oxygens (including phenoxy) is 1. The number of hydrogen-bond donors (Lipinski definition) is 0. The molecular formula is C23H16ClFN2O2. The Balaban J connectivity index is 1.81. The quantitative estimate of drug-likeness (QED) is 0.550. The van der Waals surface area contributed by atoms with E-state index in [0.717, 1.165) is 11.1 Å². The lowest BCUT2D eigenvalue weighted by molar-refractivity contribution is -0.113. The Morgan fingerprint density at radius 2 is 1.76 bits per heavy atom. The zero-order valence-electron chi connectivity index (χ0n) is 15.5. The number of halogens is 2. The first-order chi connectivity index (χ1) is 14.0. The van der Waals surface area contributed by atoms with Crippen LogP contribution in [0.2, 0.25) is 5.02 Å². The first kappa shape index (κ1) is 18.9. The van der Waals surface area contributed by atoms with Gasteiger partial charge in [0.1, 0.15) is 23.1 Å². The standard InChI is InChI=1S/C23H16ClFN2O2/c1-29-20-4-2-3-15(13-20)14-21-23(28)27(19-11-9-18(25)10-12-19)22(26-21)16-5-7-17(24)8-6-16/h2-14H,1H3/b21-14+. The molecule has 3 aromatic rings.